The first kappa shape index (κ1) is 23.8. The largest absolute Gasteiger partial charge is 0.498 e. The summed E-state index contributed by atoms with van der Waals surface area (Å²) in [4.78, 5) is 0. The van der Waals surface area contributed by atoms with Gasteiger partial charge in [-0.3, -0.25) is 0 Å². The molecule has 0 saturated heterocycles. The van der Waals surface area contributed by atoms with Crippen LogP contribution in [0.25, 0.3) is 0 Å². The van der Waals surface area contributed by atoms with Crippen LogP contribution in [0.1, 0.15) is 26.2 Å². The lowest BCUT2D eigenvalue weighted by molar-refractivity contribution is 0.0304. The number of fused-ring (bicyclic) bond motifs is 1. The van der Waals surface area contributed by atoms with Gasteiger partial charge in [0.25, 0.3) is 0 Å². The minimum atomic E-state index is 0.458. The van der Waals surface area contributed by atoms with E-state index in [1.165, 1.54) is 0 Å². The SMILES string of the molecule is C=C/C=C1\C/C(=C\C)OCCCOCCOCCOc2ccccc2OCCCO1. The summed E-state index contributed by atoms with van der Waals surface area (Å²) < 4.78 is 34.6. The third kappa shape index (κ3) is 9.85. The second kappa shape index (κ2) is 15.4. The van der Waals surface area contributed by atoms with Crippen LogP contribution >= 0.6 is 0 Å². The fraction of sp³-hybridized carbons (Fsp3) is 0.500. The zero-order valence-electron chi connectivity index (χ0n) is 18.0. The first-order valence-corrected chi connectivity index (χ1v) is 10.6. The van der Waals surface area contributed by atoms with Crippen LogP contribution in [0.4, 0.5) is 0 Å². The Morgan fingerprint density at radius 1 is 0.700 bits per heavy atom. The van der Waals surface area contributed by atoms with Gasteiger partial charge in [-0.2, -0.15) is 0 Å². The van der Waals surface area contributed by atoms with E-state index in [-0.39, 0.29) is 0 Å². The molecule has 1 aliphatic heterocycles. The van der Waals surface area contributed by atoms with Crippen molar-refractivity contribution < 1.29 is 28.4 Å². The Balaban J connectivity index is 1.93. The van der Waals surface area contributed by atoms with Crippen LogP contribution in [0.2, 0.25) is 0 Å². The van der Waals surface area contributed by atoms with E-state index < -0.39 is 0 Å². The standard InChI is InChI=1S/C24H34O6/c1-3-9-22-20-21(4-2)27-13-7-12-25-16-17-26-18-19-30-24-11-6-5-10-23(24)29-15-8-14-28-22/h3-6,9-11H,1,7-8,12-20H2,2H3/b21-4+,22-9+. The molecule has 1 aliphatic rings. The monoisotopic (exact) mass is 418 g/mol. The molecule has 30 heavy (non-hydrogen) atoms. The third-order valence-corrected chi connectivity index (χ3v) is 4.23. The molecular formula is C24H34O6. The molecule has 1 aromatic carbocycles. The molecule has 0 bridgehead atoms. The Kier molecular flexibility index (Phi) is 12.2. The van der Waals surface area contributed by atoms with Gasteiger partial charge in [0.05, 0.1) is 51.8 Å². The smallest absolute Gasteiger partial charge is 0.161 e. The van der Waals surface area contributed by atoms with Crippen molar-refractivity contribution in [2.75, 3.05) is 52.9 Å². The molecule has 0 spiro atoms. The van der Waals surface area contributed by atoms with Crippen LogP contribution in [0.5, 0.6) is 11.5 Å². The van der Waals surface area contributed by atoms with Gasteiger partial charge in [0.15, 0.2) is 11.5 Å². The maximum Gasteiger partial charge on any atom is 0.161 e. The zero-order valence-corrected chi connectivity index (χ0v) is 18.0. The Morgan fingerprint density at radius 2 is 1.27 bits per heavy atom. The molecule has 0 saturated carbocycles. The number of allylic oxidation sites excluding steroid dienone is 3. The van der Waals surface area contributed by atoms with Crippen molar-refractivity contribution in [3.05, 3.63) is 60.6 Å². The van der Waals surface area contributed by atoms with Gasteiger partial charge in [-0.25, -0.2) is 0 Å². The van der Waals surface area contributed by atoms with Crippen molar-refractivity contribution in [1.82, 2.24) is 0 Å². The fourth-order valence-electron chi connectivity index (χ4n) is 2.73. The Morgan fingerprint density at radius 3 is 1.97 bits per heavy atom. The maximum atomic E-state index is 5.92. The van der Waals surface area contributed by atoms with E-state index in [9.17, 15) is 0 Å². The molecule has 1 aromatic rings. The molecule has 0 aromatic heterocycles. The number of hydrogen-bond donors (Lipinski definition) is 0. The van der Waals surface area contributed by atoms with Crippen LogP contribution in [-0.4, -0.2) is 52.9 Å². The average molecular weight is 419 g/mol. The first-order chi connectivity index (χ1) is 14.8. The molecule has 0 N–H and O–H groups in total. The Hall–Kier alpha value is -2.44. The first-order valence-electron chi connectivity index (χ1n) is 10.6. The van der Waals surface area contributed by atoms with E-state index in [1.54, 1.807) is 6.08 Å². The summed E-state index contributed by atoms with van der Waals surface area (Å²) in [5.41, 5.74) is 0. The minimum absolute atomic E-state index is 0.458. The van der Waals surface area contributed by atoms with E-state index in [1.807, 2.05) is 43.3 Å². The molecule has 6 heteroatoms. The topological polar surface area (TPSA) is 55.4 Å². The molecular weight excluding hydrogens is 384 g/mol. The highest BCUT2D eigenvalue weighted by Gasteiger charge is 2.07. The van der Waals surface area contributed by atoms with Crippen molar-refractivity contribution in [2.24, 2.45) is 0 Å². The Labute approximate surface area is 180 Å². The summed E-state index contributed by atoms with van der Waals surface area (Å²) in [5, 5.41) is 0. The van der Waals surface area contributed by atoms with Crippen LogP contribution in [0.3, 0.4) is 0 Å². The molecule has 6 nitrogen and oxygen atoms in total. The van der Waals surface area contributed by atoms with Gasteiger partial charge in [0, 0.05) is 19.4 Å². The highest BCUT2D eigenvalue weighted by molar-refractivity contribution is 5.39. The van der Waals surface area contributed by atoms with Crippen LogP contribution in [0.15, 0.2) is 60.6 Å². The predicted molar refractivity (Wildman–Crippen MR) is 117 cm³/mol. The van der Waals surface area contributed by atoms with Gasteiger partial charge < -0.3 is 28.4 Å². The van der Waals surface area contributed by atoms with E-state index in [2.05, 4.69) is 6.58 Å². The van der Waals surface area contributed by atoms with Crippen LogP contribution < -0.4 is 9.47 Å². The molecule has 0 aliphatic carbocycles. The molecule has 0 amide bonds. The third-order valence-electron chi connectivity index (χ3n) is 4.23. The number of ether oxygens (including phenoxy) is 6. The maximum absolute atomic E-state index is 5.92. The van der Waals surface area contributed by atoms with Gasteiger partial charge in [0.1, 0.15) is 12.4 Å². The average Bonchev–Trinajstić information content (AvgIpc) is 2.76. The number of benzene rings is 1. The zero-order chi connectivity index (χ0) is 21.3. The summed E-state index contributed by atoms with van der Waals surface area (Å²) in [6.07, 6.45) is 7.71. The fourth-order valence-corrected chi connectivity index (χ4v) is 2.73. The van der Waals surface area contributed by atoms with E-state index in [0.717, 1.165) is 30.1 Å². The predicted octanol–water partition coefficient (Wildman–Crippen LogP) is 4.67. The minimum Gasteiger partial charge on any atom is -0.498 e. The van der Waals surface area contributed by atoms with E-state index in [0.29, 0.717) is 65.0 Å². The summed E-state index contributed by atoms with van der Waals surface area (Å²) in [6, 6.07) is 7.65. The molecule has 1 heterocycles. The second-order valence-corrected chi connectivity index (χ2v) is 6.57. The van der Waals surface area contributed by atoms with Crippen LogP contribution in [-0.2, 0) is 18.9 Å². The molecule has 166 valence electrons. The van der Waals surface area contributed by atoms with Crippen molar-refractivity contribution >= 4 is 0 Å². The quantitative estimate of drug-likeness (QED) is 0.661. The number of hydrogen-bond acceptors (Lipinski definition) is 6. The molecule has 0 radical (unpaired) electrons. The number of para-hydroxylation sites is 2. The highest BCUT2D eigenvalue weighted by atomic mass is 16.6. The summed E-state index contributed by atoms with van der Waals surface area (Å²) in [6.45, 7) is 10.1. The summed E-state index contributed by atoms with van der Waals surface area (Å²) >= 11 is 0. The lowest BCUT2D eigenvalue weighted by Crippen LogP contribution is -2.12. The van der Waals surface area contributed by atoms with Gasteiger partial charge in [-0.05, 0) is 31.2 Å². The highest BCUT2D eigenvalue weighted by Crippen LogP contribution is 2.26. The summed E-state index contributed by atoms with van der Waals surface area (Å²) in [5.74, 6) is 3.13. The van der Waals surface area contributed by atoms with Gasteiger partial charge >= 0.3 is 0 Å². The van der Waals surface area contributed by atoms with Crippen molar-refractivity contribution in [2.45, 2.75) is 26.2 Å². The van der Waals surface area contributed by atoms with Gasteiger partial charge in [0.2, 0.25) is 0 Å². The molecule has 0 fully saturated rings. The van der Waals surface area contributed by atoms with Gasteiger partial charge in [-0.15, -0.1) is 0 Å². The van der Waals surface area contributed by atoms with E-state index in [4.69, 9.17) is 28.4 Å². The molecule has 0 unspecified atom stereocenters. The normalized spacial score (nSPS) is 21.1. The lowest BCUT2D eigenvalue weighted by Gasteiger charge is -2.15. The second-order valence-electron chi connectivity index (χ2n) is 6.57. The van der Waals surface area contributed by atoms with Gasteiger partial charge in [-0.1, -0.05) is 24.8 Å². The Bertz CT molecular complexity index is 667. The summed E-state index contributed by atoms with van der Waals surface area (Å²) in [7, 11) is 0. The van der Waals surface area contributed by atoms with Crippen molar-refractivity contribution in [1.29, 1.82) is 0 Å². The van der Waals surface area contributed by atoms with Crippen molar-refractivity contribution in [3.8, 4) is 11.5 Å². The lowest BCUT2D eigenvalue weighted by atomic mass is 10.2. The molecule has 2 rings (SSSR count). The number of rotatable bonds is 1. The van der Waals surface area contributed by atoms with Crippen molar-refractivity contribution in [3.63, 3.8) is 0 Å². The molecule has 0 atom stereocenters. The van der Waals surface area contributed by atoms with E-state index >= 15 is 0 Å². The van der Waals surface area contributed by atoms with Crippen LogP contribution in [0, 0.1) is 0 Å².